The van der Waals surface area contributed by atoms with Crippen LogP contribution in [0.25, 0.3) is 0 Å². The molecular formula is C15H12Br2O2. The van der Waals surface area contributed by atoms with E-state index in [2.05, 4.69) is 31.9 Å². The molecule has 0 fully saturated rings. The van der Waals surface area contributed by atoms with Crippen molar-refractivity contribution in [1.82, 2.24) is 0 Å². The molecule has 0 bridgehead atoms. The van der Waals surface area contributed by atoms with E-state index in [4.69, 9.17) is 4.74 Å². The normalized spacial score (nSPS) is 10.2. The van der Waals surface area contributed by atoms with E-state index in [9.17, 15) is 4.79 Å². The van der Waals surface area contributed by atoms with Crippen LogP contribution in [-0.4, -0.2) is 12.4 Å². The van der Waals surface area contributed by atoms with Gasteiger partial charge in [0.25, 0.3) is 0 Å². The summed E-state index contributed by atoms with van der Waals surface area (Å²) >= 11 is 6.70. The fourth-order valence-corrected chi connectivity index (χ4v) is 2.10. The van der Waals surface area contributed by atoms with E-state index in [-0.39, 0.29) is 5.78 Å². The summed E-state index contributed by atoms with van der Waals surface area (Å²) in [7, 11) is 0. The predicted octanol–water partition coefficient (Wildman–Crippen LogP) is 4.86. The fourth-order valence-electron chi connectivity index (χ4n) is 1.57. The number of hydrogen-bond acceptors (Lipinski definition) is 2. The quantitative estimate of drug-likeness (QED) is 0.689. The number of carbonyl (C=O) groups is 1. The van der Waals surface area contributed by atoms with E-state index in [0.717, 1.165) is 14.7 Å². The Bertz CT molecular complexity index is 547. The summed E-state index contributed by atoms with van der Waals surface area (Å²) in [5.74, 6) is 0.858. The largest absolute Gasteiger partial charge is 0.493 e. The van der Waals surface area contributed by atoms with Crippen molar-refractivity contribution in [1.29, 1.82) is 0 Å². The molecule has 0 spiro atoms. The minimum Gasteiger partial charge on any atom is -0.493 e. The Labute approximate surface area is 129 Å². The number of hydrogen-bond donors (Lipinski definition) is 0. The maximum absolute atomic E-state index is 11.9. The first kappa shape index (κ1) is 14.3. The fraction of sp³-hybridized carbons (Fsp3) is 0.133. The topological polar surface area (TPSA) is 26.3 Å². The summed E-state index contributed by atoms with van der Waals surface area (Å²) in [6.07, 6.45) is 0.373. The molecule has 0 aliphatic heterocycles. The Morgan fingerprint density at radius 2 is 1.42 bits per heavy atom. The molecule has 19 heavy (non-hydrogen) atoms. The summed E-state index contributed by atoms with van der Waals surface area (Å²) in [6, 6.07) is 14.9. The van der Waals surface area contributed by atoms with E-state index in [1.165, 1.54) is 0 Å². The van der Waals surface area contributed by atoms with Crippen molar-refractivity contribution in [2.45, 2.75) is 6.42 Å². The summed E-state index contributed by atoms with van der Waals surface area (Å²) in [5, 5.41) is 0. The average Bonchev–Trinajstić information content (AvgIpc) is 2.41. The van der Waals surface area contributed by atoms with Crippen molar-refractivity contribution < 1.29 is 9.53 Å². The van der Waals surface area contributed by atoms with E-state index >= 15 is 0 Å². The standard InChI is InChI=1S/C15H12Br2O2/c16-12-3-1-11(2-4-12)15(18)9-10-19-14-7-5-13(17)6-8-14/h1-8H,9-10H2. The molecule has 0 aliphatic rings. The van der Waals surface area contributed by atoms with E-state index < -0.39 is 0 Å². The Morgan fingerprint density at radius 3 is 2.00 bits per heavy atom. The molecular weight excluding hydrogens is 372 g/mol. The van der Waals surface area contributed by atoms with Crippen LogP contribution in [0.5, 0.6) is 5.75 Å². The maximum Gasteiger partial charge on any atom is 0.166 e. The first-order valence-corrected chi connectivity index (χ1v) is 7.41. The van der Waals surface area contributed by atoms with Crippen molar-refractivity contribution >= 4 is 37.6 Å². The zero-order valence-electron chi connectivity index (χ0n) is 10.1. The molecule has 2 rings (SSSR count). The number of halogens is 2. The first-order chi connectivity index (χ1) is 9.15. The molecule has 0 heterocycles. The lowest BCUT2D eigenvalue weighted by atomic mass is 10.1. The minimum atomic E-state index is 0.0876. The van der Waals surface area contributed by atoms with Crippen LogP contribution in [-0.2, 0) is 0 Å². The third kappa shape index (κ3) is 4.48. The molecule has 0 N–H and O–H groups in total. The number of benzene rings is 2. The van der Waals surface area contributed by atoms with Crippen LogP contribution in [0.3, 0.4) is 0 Å². The van der Waals surface area contributed by atoms with Crippen LogP contribution in [0.4, 0.5) is 0 Å². The molecule has 0 unspecified atom stereocenters. The van der Waals surface area contributed by atoms with Crippen molar-refractivity contribution in [3.8, 4) is 5.75 Å². The van der Waals surface area contributed by atoms with Gasteiger partial charge in [0.05, 0.1) is 6.61 Å². The van der Waals surface area contributed by atoms with Crippen molar-refractivity contribution in [3.05, 3.63) is 63.0 Å². The maximum atomic E-state index is 11.9. The molecule has 2 nitrogen and oxygen atoms in total. The predicted molar refractivity (Wildman–Crippen MR) is 82.7 cm³/mol. The smallest absolute Gasteiger partial charge is 0.166 e. The Hall–Kier alpha value is -1.13. The van der Waals surface area contributed by atoms with Crippen LogP contribution in [0.2, 0.25) is 0 Å². The highest BCUT2D eigenvalue weighted by atomic mass is 79.9. The third-order valence-electron chi connectivity index (χ3n) is 2.58. The van der Waals surface area contributed by atoms with Crippen LogP contribution >= 0.6 is 31.9 Å². The van der Waals surface area contributed by atoms with Gasteiger partial charge in [-0.05, 0) is 36.4 Å². The van der Waals surface area contributed by atoms with Gasteiger partial charge in [-0.1, -0.05) is 44.0 Å². The summed E-state index contributed by atoms with van der Waals surface area (Å²) in [4.78, 5) is 11.9. The van der Waals surface area contributed by atoms with Gasteiger partial charge in [-0.25, -0.2) is 0 Å². The molecule has 98 valence electrons. The molecule has 0 atom stereocenters. The molecule has 0 radical (unpaired) electrons. The Morgan fingerprint density at radius 1 is 0.895 bits per heavy atom. The second-order valence-corrected chi connectivity index (χ2v) is 5.81. The van der Waals surface area contributed by atoms with Gasteiger partial charge in [-0.2, -0.15) is 0 Å². The zero-order valence-corrected chi connectivity index (χ0v) is 13.3. The monoisotopic (exact) mass is 382 g/mol. The highest BCUT2D eigenvalue weighted by molar-refractivity contribution is 9.10. The highest BCUT2D eigenvalue weighted by Gasteiger charge is 2.05. The van der Waals surface area contributed by atoms with Gasteiger partial charge in [0.2, 0.25) is 0 Å². The lowest BCUT2D eigenvalue weighted by Crippen LogP contribution is -2.06. The minimum absolute atomic E-state index is 0.0876. The van der Waals surface area contributed by atoms with Crippen molar-refractivity contribution in [2.75, 3.05) is 6.61 Å². The highest BCUT2D eigenvalue weighted by Crippen LogP contribution is 2.17. The SMILES string of the molecule is O=C(CCOc1ccc(Br)cc1)c1ccc(Br)cc1. The van der Waals surface area contributed by atoms with Gasteiger partial charge in [-0.3, -0.25) is 4.79 Å². The number of carbonyl (C=O) groups excluding carboxylic acids is 1. The van der Waals surface area contributed by atoms with E-state index in [1.807, 2.05) is 48.5 Å². The number of ether oxygens (including phenoxy) is 1. The molecule has 0 aromatic heterocycles. The number of rotatable bonds is 5. The van der Waals surface area contributed by atoms with Gasteiger partial charge in [0.1, 0.15) is 5.75 Å². The number of ketones is 1. The summed E-state index contributed by atoms with van der Waals surface area (Å²) < 4.78 is 7.50. The molecule has 0 aliphatic carbocycles. The molecule has 2 aromatic carbocycles. The van der Waals surface area contributed by atoms with E-state index in [0.29, 0.717) is 18.6 Å². The Balaban J connectivity index is 1.84. The first-order valence-electron chi connectivity index (χ1n) is 5.82. The average molecular weight is 384 g/mol. The third-order valence-corrected chi connectivity index (χ3v) is 3.64. The summed E-state index contributed by atoms with van der Waals surface area (Å²) in [5.41, 5.74) is 0.711. The second kappa shape index (κ2) is 6.87. The van der Waals surface area contributed by atoms with Gasteiger partial charge in [0, 0.05) is 20.9 Å². The molecule has 4 heteroatoms. The van der Waals surface area contributed by atoms with Crippen LogP contribution in [0.1, 0.15) is 16.8 Å². The van der Waals surface area contributed by atoms with Gasteiger partial charge in [-0.15, -0.1) is 0 Å². The lowest BCUT2D eigenvalue weighted by Gasteiger charge is -2.06. The van der Waals surface area contributed by atoms with Gasteiger partial charge < -0.3 is 4.74 Å². The van der Waals surface area contributed by atoms with Crippen LogP contribution in [0, 0.1) is 0 Å². The molecule has 0 saturated heterocycles. The Kier molecular flexibility index (Phi) is 5.16. The molecule has 0 saturated carbocycles. The van der Waals surface area contributed by atoms with Crippen molar-refractivity contribution in [2.24, 2.45) is 0 Å². The van der Waals surface area contributed by atoms with Crippen LogP contribution in [0.15, 0.2) is 57.5 Å². The lowest BCUT2D eigenvalue weighted by molar-refractivity contribution is 0.0962. The zero-order chi connectivity index (χ0) is 13.7. The molecule has 0 amide bonds. The van der Waals surface area contributed by atoms with Crippen molar-refractivity contribution in [3.63, 3.8) is 0 Å². The summed E-state index contributed by atoms with van der Waals surface area (Å²) in [6.45, 7) is 0.385. The van der Waals surface area contributed by atoms with Gasteiger partial charge >= 0.3 is 0 Å². The molecule has 2 aromatic rings. The second-order valence-electron chi connectivity index (χ2n) is 3.98. The number of Topliss-reactive ketones (excluding diaryl/α,β-unsaturated/α-hetero) is 1. The van der Waals surface area contributed by atoms with Crippen LogP contribution < -0.4 is 4.74 Å². The van der Waals surface area contributed by atoms with E-state index in [1.54, 1.807) is 0 Å². The van der Waals surface area contributed by atoms with Gasteiger partial charge in [0.15, 0.2) is 5.78 Å².